The molecule has 6 nitrogen and oxygen atoms in total. The summed E-state index contributed by atoms with van der Waals surface area (Å²) in [5.41, 5.74) is 4.85. The molecule has 7 heteroatoms. The number of nitrogens with one attached hydrogen (secondary N) is 1. The summed E-state index contributed by atoms with van der Waals surface area (Å²) in [5.74, 6) is 0.0838. The third kappa shape index (κ3) is 3.50. The van der Waals surface area contributed by atoms with E-state index < -0.39 is 0 Å². The van der Waals surface area contributed by atoms with Crippen LogP contribution in [0.5, 0.6) is 0 Å². The molecule has 1 N–H and O–H groups in total. The molecule has 1 fully saturated rings. The van der Waals surface area contributed by atoms with Crippen molar-refractivity contribution in [3.63, 3.8) is 0 Å². The molecule has 154 valence electrons. The van der Waals surface area contributed by atoms with Gasteiger partial charge in [0.1, 0.15) is 17.3 Å². The molecular formula is C23H24FN5O. The maximum atomic E-state index is 13.5. The summed E-state index contributed by atoms with van der Waals surface area (Å²) < 4.78 is 15.6. The quantitative estimate of drug-likeness (QED) is 0.711. The van der Waals surface area contributed by atoms with Crippen molar-refractivity contribution in [1.29, 1.82) is 0 Å². The molecule has 30 heavy (non-hydrogen) atoms. The van der Waals surface area contributed by atoms with Crippen LogP contribution in [0, 0.1) is 5.82 Å². The van der Waals surface area contributed by atoms with E-state index in [2.05, 4.69) is 19.9 Å². The van der Waals surface area contributed by atoms with Crippen molar-refractivity contribution in [2.24, 2.45) is 0 Å². The summed E-state index contributed by atoms with van der Waals surface area (Å²) in [4.78, 5) is 18.3. The van der Waals surface area contributed by atoms with Gasteiger partial charge in [-0.3, -0.25) is 14.4 Å². The first-order valence-corrected chi connectivity index (χ1v) is 10.4. The standard InChI is InChI=1S/C23H24FN5O/c1-15(30)26-21-13-17(9-10-25-21)22-20-14-28(19-3-2-4-19)11-12-29(20)27-23(22)16-5-7-18(24)8-6-16/h5-10,13,19H,2-4,11-12,14H2,1H3,(H,25,26,30). The molecule has 1 aliphatic heterocycles. The molecule has 5 rings (SSSR count). The van der Waals surface area contributed by atoms with Gasteiger partial charge in [0, 0.05) is 43.4 Å². The highest BCUT2D eigenvalue weighted by molar-refractivity contribution is 5.89. The fourth-order valence-electron chi connectivity index (χ4n) is 4.35. The van der Waals surface area contributed by atoms with E-state index in [-0.39, 0.29) is 11.7 Å². The van der Waals surface area contributed by atoms with E-state index in [0.29, 0.717) is 11.9 Å². The topological polar surface area (TPSA) is 63.1 Å². The fraction of sp³-hybridized carbons (Fsp3) is 0.348. The second-order valence-corrected chi connectivity index (χ2v) is 8.07. The number of pyridine rings is 1. The Morgan fingerprint density at radius 1 is 1.13 bits per heavy atom. The molecule has 0 radical (unpaired) electrons. The average molecular weight is 405 g/mol. The molecule has 1 saturated carbocycles. The molecule has 0 unspecified atom stereocenters. The maximum Gasteiger partial charge on any atom is 0.222 e. The van der Waals surface area contributed by atoms with Gasteiger partial charge in [0.2, 0.25) is 5.91 Å². The minimum absolute atomic E-state index is 0.161. The summed E-state index contributed by atoms with van der Waals surface area (Å²) in [6.07, 6.45) is 5.52. The molecular weight excluding hydrogens is 381 g/mol. The number of benzene rings is 1. The second-order valence-electron chi connectivity index (χ2n) is 8.07. The van der Waals surface area contributed by atoms with Crippen LogP contribution in [0.15, 0.2) is 42.6 Å². The van der Waals surface area contributed by atoms with Gasteiger partial charge in [0.25, 0.3) is 0 Å². The SMILES string of the molecule is CC(=O)Nc1cc(-c2c(-c3ccc(F)cc3)nn3c2CN(C2CCC2)CC3)ccn1. The van der Waals surface area contributed by atoms with Crippen molar-refractivity contribution < 1.29 is 9.18 Å². The van der Waals surface area contributed by atoms with Gasteiger partial charge >= 0.3 is 0 Å². The van der Waals surface area contributed by atoms with Crippen LogP contribution in [0.25, 0.3) is 22.4 Å². The number of halogens is 1. The molecule has 0 saturated heterocycles. The second kappa shape index (κ2) is 7.65. The zero-order chi connectivity index (χ0) is 20.7. The Balaban J connectivity index is 1.62. The van der Waals surface area contributed by atoms with Crippen LogP contribution < -0.4 is 5.32 Å². The Morgan fingerprint density at radius 3 is 2.63 bits per heavy atom. The fourth-order valence-corrected chi connectivity index (χ4v) is 4.35. The van der Waals surface area contributed by atoms with Crippen LogP contribution in [0.1, 0.15) is 31.9 Å². The maximum absolute atomic E-state index is 13.5. The van der Waals surface area contributed by atoms with Gasteiger partial charge in [-0.2, -0.15) is 5.10 Å². The third-order valence-electron chi connectivity index (χ3n) is 6.07. The molecule has 1 aliphatic carbocycles. The summed E-state index contributed by atoms with van der Waals surface area (Å²) in [7, 11) is 0. The molecule has 3 heterocycles. The number of nitrogens with zero attached hydrogens (tertiary/aromatic N) is 4. The van der Waals surface area contributed by atoms with Crippen molar-refractivity contribution in [3.05, 3.63) is 54.1 Å². The van der Waals surface area contributed by atoms with Crippen molar-refractivity contribution >= 4 is 11.7 Å². The lowest BCUT2D eigenvalue weighted by atomic mass is 9.90. The lowest BCUT2D eigenvalue weighted by Crippen LogP contribution is -2.44. The van der Waals surface area contributed by atoms with Crippen LogP contribution in [0.3, 0.4) is 0 Å². The monoisotopic (exact) mass is 405 g/mol. The molecule has 3 aromatic rings. The number of fused-ring (bicyclic) bond motifs is 1. The number of carbonyl (C=O) groups excluding carboxylic acids is 1. The van der Waals surface area contributed by atoms with Crippen LogP contribution in [-0.2, 0) is 17.9 Å². The van der Waals surface area contributed by atoms with E-state index in [1.54, 1.807) is 18.3 Å². The molecule has 0 bridgehead atoms. The third-order valence-corrected chi connectivity index (χ3v) is 6.07. The number of anilines is 1. The Hall–Kier alpha value is -3.06. The van der Waals surface area contributed by atoms with Gasteiger partial charge in [-0.15, -0.1) is 0 Å². The van der Waals surface area contributed by atoms with Gasteiger partial charge in [-0.25, -0.2) is 9.37 Å². The van der Waals surface area contributed by atoms with Gasteiger partial charge in [-0.1, -0.05) is 6.42 Å². The van der Waals surface area contributed by atoms with E-state index >= 15 is 0 Å². The minimum Gasteiger partial charge on any atom is -0.311 e. The van der Waals surface area contributed by atoms with Crippen LogP contribution in [0.4, 0.5) is 10.2 Å². The van der Waals surface area contributed by atoms with E-state index in [0.717, 1.165) is 47.7 Å². The summed E-state index contributed by atoms with van der Waals surface area (Å²) in [6, 6.07) is 11.0. The van der Waals surface area contributed by atoms with Crippen LogP contribution in [-0.4, -0.2) is 38.2 Å². The Kier molecular flexibility index (Phi) is 4.83. The van der Waals surface area contributed by atoms with Gasteiger partial charge < -0.3 is 5.32 Å². The number of hydrogen-bond acceptors (Lipinski definition) is 4. The predicted molar refractivity (Wildman–Crippen MR) is 113 cm³/mol. The van der Waals surface area contributed by atoms with E-state index in [4.69, 9.17) is 5.10 Å². The summed E-state index contributed by atoms with van der Waals surface area (Å²) in [5, 5.41) is 7.68. The Morgan fingerprint density at radius 2 is 1.93 bits per heavy atom. The first kappa shape index (κ1) is 18.9. The van der Waals surface area contributed by atoms with Gasteiger partial charge in [0.05, 0.1) is 12.2 Å². The van der Waals surface area contributed by atoms with Crippen molar-refractivity contribution in [2.45, 2.75) is 45.3 Å². The molecule has 1 amide bonds. The average Bonchev–Trinajstić information content (AvgIpc) is 3.06. The van der Waals surface area contributed by atoms with Gasteiger partial charge in [-0.05, 0) is 54.8 Å². The first-order valence-electron chi connectivity index (χ1n) is 10.4. The largest absolute Gasteiger partial charge is 0.311 e. The number of aromatic nitrogens is 3. The molecule has 0 spiro atoms. The Labute approximate surface area is 174 Å². The molecule has 2 aliphatic rings. The Bertz CT molecular complexity index is 1090. The van der Waals surface area contributed by atoms with Crippen LogP contribution in [0.2, 0.25) is 0 Å². The highest BCUT2D eigenvalue weighted by Gasteiger charge is 2.31. The normalized spacial score (nSPS) is 16.7. The highest BCUT2D eigenvalue weighted by atomic mass is 19.1. The highest BCUT2D eigenvalue weighted by Crippen LogP contribution is 2.38. The number of rotatable bonds is 4. The summed E-state index contributed by atoms with van der Waals surface area (Å²) in [6.45, 7) is 4.14. The molecule has 2 aromatic heterocycles. The van der Waals surface area contributed by atoms with E-state index in [1.807, 2.05) is 12.1 Å². The molecule has 0 atom stereocenters. The zero-order valence-corrected chi connectivity index (χ0v) is 16.9. The van der Waals surface area contributed by atoms with Crippen LogP contribution >= 0.6 is 0 Å². The number of amides is 1. The van der Waals surface area contributed by atoms with E-state index in [9.17, 15) is 9.18 Å². The first-order chi connectivity index (χ1) is 14.6. The smallest absolute Gasteiger partial charge is 0.222 e. The number of hydrogen-bond donors (Lipinski definition) is 1. The van der Waals surface area contributed by atoms with Crippen molar-refractivity contribution in [2.75, 3.05) is 11.9 Å². The molecule has 1 aromatic carbocycles. The predicted octanol–water partition coefficient (Wildman–Crippen LogP) is 4.08. The van der Waals surface area contributed by atoms with Crippen molar-refractivity contribution in [1.82, 2.24) is 19.7 Å². The van der Waals surface area contributed by atoms with Crippen molar-refractivity contribution in [3.8, 4) is 22.4 Å². The minimum atomic E-state index is -0.266. The van der Waals surface area contributed by atoms with Gasteiger partial charge in [0.15, 0.2) is 0 Å². The summed E-state index contributed by atoms with van der Waals surface area (Å²) >= 11 is 0. The lowest BCUT2D eigenvalue weighted by molar-refractivity contribution is -0.114. The van der Waals surface area contributed by atoms with E-state index in [1.165, 1.54) is 38.3 Å². The number of carbonyl (C=O) groups is 1. The lowest BCUT2D eigenvalue weighted by Gasteiger charge is -2.40. The zero-order valence-electron chi connectivity index (χ0n) is 16.9.